The van der Waals surface area contributed by atoms with Gasteiger partial charge in [0.05, 0.1) is 4.90 Å². The number of amides is 1. The maximum absolute atomic E-state index is 12.6. The van der Waals surface area contributed by atoms with E-state index < -0.39 is 10.0 Å². The van der Waals surface area contributed by atoms with Gasteiger partial charge in [-0.1, -0.05) is 12.1 Å². The molecule has 1 aliphatic heterocycles. The Morgan fingerprint density at radius 1 is 1.09 bits per heavy atom. The second-order valence-corrected chi connectivity index (χ2v) is 7.34. The Morgan fingerprint density at radius 3 is 2.13 bits per heavy atom. The summed E-state index contributed by atoms with van der Waals surface area (Å²) in [7, 11) is -3.61. The molecule has 1 aliphatic rings. The van der Waals surface area contributed by atoms with Crippen LogP contribution in [0.3, 0.4) is 0 Å². The highest BCUT2D eigenvalue weighted by molar-refractivity contribution is 7.89. The fourth-order valence-corrected chi connectivity index (χ4v) is 3.89. The number of piperazine rings is 1. The van der Waals surface area contributed by atoms with Crippen molar-refractivity contribution < 1.29 is 18.0 Å². The Kier molecular flexibility index (Phi) is 5.51. The lowest BCUT2D eigenvalue weighted by Gasteiger charge is -2.34. The van der Waals surface area contributed by atoms with E-state index in [4.69, 9.17) is 5.73 Å². The van der Waals surface area contributed by atoms with Crippen LogP contribution in [0.5, 0.6) is 0 Å². The molecule has 2 rings (SSSR count). The predicted octanol–water partition coefficient (Wildman–Crippen LogP) is 0.0709. The van der Waals surface area contributed by atoms with Crippen LogP contribution in [0.25, 0.3) is 0 Å². The number of benzene rings is 1. The Labute approximate surface area is 136 Å². The van der Waals surface area contributed by atoms with Crippen molar-refractivity contribution in [3.05, 3.63) is 29.8 Å². The van der Waals surface area contributed by atoms with Crippen molar-refractivity contribution in [1.29, 1.82) is 0 Å². The van der Waals surface area contributed by atoms with Crippen molar-refractivity contribution in [2.24, 2.45) is 5.73 Å². The highest BCUT2D eigenvalue weighted by Crippen LogP contribution is 2.18. The lowest BCUT2D eigenvalue weighted by molar-refractivity contribution is -0.132. The van der Waals surface area contributed by atoms with Crippen LogP contribution in [-0.4, -0.2) is 62.0 Å². The zero-order chi connectivity index (χ0) is 17.0. The summed E-state index contributed by atoms with van der Waals surface area (Å²) in [5.74, 6) is -0.156. The van der Waals surface area contributed by atoms with E-state index in [2.05, 4.69) is 0 Å². The summed E-state index contributed by atoms with van der Waals surface area (Å²) in [5.41, 5.74) is 5.84. The fraction of sp³-hybridized carbons (Fsp3) is 0.467. The third-order valence-electron chi connectivity index (χ3n) is 3.85. The molecular formula is C15H21N3O4S. The van der Waals surface area contributed by atoms with Gasteiger partial charge in [-0.05, 0) is 19.1 Å². The first-order valence-corrected chi connectivity index (χ1v) is 8.89. The number of ketones is 1. The summed E-state index contributed by atoms with van der Waals surface area (Å²) < 4.78 is 26.5. The predicted molar refractivity (Wildman–Crippen MR) is 85.5 cm³/mol. The summed E-state index contributed by atoms with van der Waals surface area (Å²) in [6.07, 6.45) is 0.277. The number of nitrogens with two attached hydrogens (primary N) is 1. The molecule has 23 heavy (non-hydrogen) atoms. The van der Waals surface area contributed by atoms with Crippen molar-refractivity contribution in [2.75, 3.05) is 32.7 Å². The lowest BCUT2D eigenvalue weighted by atomic mass is 10.2. The summed E-state index contributed by atoms with van der Waals surface area (Å²) in [6.45, 7) is 2.97. The van der Waals surface area contributed by atoms with E-state index in [1.165, 1.54) is 35.5 Å². The zero-order valence-corrected chi connectivity index (χ0v) is 13.9. The maximum atomic E-state index is 12.6. The summed E-state index contributed by atoms with van der Waals surface area (Å²) >= 11 is 0. The minimum Gasteiger partial charge on any atom is -0.340 e. The number of hydrogen-bond acceptors (Lipinski definition) is 5. The summed E-state index contributed by atoms with van der Waals surface area (Å²) in [6, 6.07) is 5.91. The molecule has 0 atom stereocenters. The number of Topliss-reactive ketones (excluding diaryl/α,β-unsaturated/α-hetero) is 1. The van der Waals surface area contributed by atoms with Crippen LogP contribution in [0.1, 0.15) is 23.7 Å². The molecule has 2 N–H and O–H groups in total. The smallest absolute Gasteiger partial charge is 0.243 e. The molecule has 0 spiro atoms. The second kappa shape index (κ2) is 7.20. The molecule has 1 heterocycles. The van der Waals surface area contributed by atoms with Crippen LogP contribution in [-0.2, 0) is 14.8 Å². The van der Waals surface area contributed by atoms with Gasteiger partial charge < -0.3 is 10.6 Å². The Balaban J connectivity index is 2.07. The van der Waals surface area contributed by atoms with E-state index >= 15 is 0 Å². The highest BCUT2D eigenvalue weighted by atomic mass is 32.2. The number of rotatable bonds is 5. The Bertz CT molecular complexity index is 677. The monoisotopic (exact) mass is 339 g/mol. The molecule has 8 heteroatoms. The molecule has 1 aromatic carbocycles. The fourth-order valence-electron chi connectivity index (χ4n) is 2.47. The van der Waals surface area contributed by atoms with Gasteiger partial charge in [-0.15, -0.1) is 0 Å². The highest BCUT2D eigenvalue weighted by Gasteiger charge is 2.29. The van der Waals surface area contributed by atoms with Crippen molar-refractivity contribution in [1.82, 2.24) is 9.21 Å². The summed E-state index contributed by atoms with van der Waals surface area (Å²) in [5, 5.41) is 0. The molecule has 1 saturated heterocycles. The van der Waals surface area contributed by atoms with Gasteiger partial charge in [-0.2, -0.15) is 4.31 Å². The van der Waals surface area contributed by atoms with Gasteiger partial charge in [0.2, 0.25) is 15.9 Å². The Morgan fingerprint density at radius 2 is 1.65 bits per heavy atom. The van der Waals surface area contributed by atoms with Gasteiger partial charge in [0.1, 0.15) is 0 Å². The molecule has 0 aliphatic carbocycles. The van der Waals surface area contributed by atoms with Crippen LogP contribution >= 0.6 is 0 Å². The molecule has 1 aromatic rings. The first-order chi connectivity index (χ1) is 10.9. The van der Waals surface area contributed by atoms with Crippen molar-refractivity contribution in [3.8, 4) is 0 Å². The van der Waals surface area contributed by atoms with E-state index in [0.717, 1.165) is 0 Å². The first kappa shape index (κ1) is 17.6. The molecule has 126 valence electrons. The van der Waals surface area contributed by atoms with Gasteiger partial charge in [0, 0.05) is 44.7 Å². The van der Waals surface area contributed by atoms with Gasteiger partial charge in [0.15, 0.2) is 5.78 Å². The average Bonchev–Trinajstić information content (AvgIpc) is 2.55. The molecule has 1 fully saturated rings. The summed E-state index contributed by atoms with van der Waals surface area (Å²) in [4.78, 5) is 24.8. The molecule has 0 radical (unpaired) electrons. The van der Waals surface area contributed by atoms with Gasteiger partial charge in [0.25, 0.3) is 0 Å². The zero-order valence-electron chi connectivity index (χ0n) is 13.1. The molecule has 0 aromatic heterocycles. The quantitative estimate of drug-likeness (QED) is 0.765. The number of carbonyl (C=O) groups excluding carboxylic acids is 2. The molecule has 7 nitrogen and oxygen atoms in total. The van der Waals surface area contributed by atoms with Gasteiger partial charge >= 0.3 is 0 Å². The van der Waals surface area contributed by atoms with Gasteiger partial charge in [-0.3, -0.25) is 9.59 Å². The van der Waals surface area contributed by atoms with Crippen molar-refractivity contribution in [2.45, 2.75) is 18.2 Å². The molecular weight excluding hydrogens is 318 g/mol. The van der Waals surface area contributed by atoms with Gasteiger partial charge in [-0.25, -0.2) is 8.42 Å². The van der Waals surface area contributed by atoms with E-state index in [0.29, 0.717) is 25.2 Å². The normalized spacial score (nSPS) is 16.3. The standard InChI is InChI=1S/C15H21N3O4S/c1-12(19)13-2-4-14(5-3-13)23(21,22)18-10-8-17(9-11-18)15(20)6-7-16/h2-5H,6-11,16H2,1H3. The van der Waals surface area contributed by atoms with E-state index in [1.54, 1.807) is 4.90 Å². The van der Waals surface area contributed by atoms with Crippen LogP contribution in [0, 0.1) is 0 Å². The minimum absolute atomic E-state index is 0.0460. The maximum Gasteiger partial charge on any atom is 0.243 e. The number of carbonyl (C=O) groups is 2. The van der Waals surface area contributed by atoms with Crippen LogP contribution in [0.2, 0.25) is 0 Å². The van der Waals surface area contributed by atoms with Crippen LogP contribution < -0.4 is 5.73 Å². The van der Waals surface area contributed by atoms with Crippen LogP contribution in [0.4, 0.5) is 0 Å². The second-order valence-electron chi connectivity index (χ2n) is 5.40. The largest absolute Gasteiger partial charge is 0.340 e. The van der Waals surface area contributed by atoms with Crippen molar-refractivity contribution in [3.63, 3.8) is 0 Å². The molecule has 0 bridgehead atoms. The molecule has 0 saturated carbocycles. The van der Waals surface area contributed by atoms with E-state index in [9.17, 15) is 18.0 Å². The van der Waals surface area contributed by atoms with Crippen molar-refractivity contribution >= 4 is 21.7 Å². The molecule has 0 unspecified atom stereocenters. The first-order valence-electron chi connectivity index (χ1n) is 7.45. The topological polar surface area (TPSA) is 101 Å². The average molecular weight is 339 g/mol. The number of nitrogens with zero attached hydrogens (tertiary/aromatic N) is 2. The Hall–Kier alpha value is -1.77. The minimum atomic E-state index is -3.61. The van der Waals surface area contributed by atoms with E-state index in [1.807, 2.05) is 0 Å². The number of hydrogen-bond donors (Lipinski definition) is 1. The number of sulfonamides is 1. The van der Waals surface area contributed by atoms with E-state index in [-0.39, 0.29) is 36.1 Å². The SMILES string of the molecule is CC(=O)c1ccc(S(=O)(=O)N2CCN(C(=O)CCN)CC2)cc1. The third kappa shape index (κ3) is 3.95. The third-order valence-corrected chi connectivity index (χ3v) is 5.76. The molecule has 1 amide bonds. The lowest BCUT2D eigenvalue weighted by Crippen LogP contribution is -2.50. The van der Waals surface area contributed by atoms with Crippen LogP contribution in [0.15, 0.2) is 29.2 Å².